The first-order valence-corrected chi connectivity index (χ1v) is 7.27. The van der Waals surface area contributed by atoms with E-state index in [4.69, 9.17) is 16.3 Å². The van der Waals surface area contributed by atoms with Crippen molar-refractivity contribution >= 4 is 23.2 Å². The van der Waals surface area contributed by atoms with Gasteiger partial charge >= 0.3 is 0 Å². The molecular weight excluding hydrogens is 320 g/mol. The van der Waals surface area contributed by atoms with Crippen LogP contribution in [0.1, 0.15) is 15.9 Å². The Morgan fingerprint density at radius 1 is 1.26 bits per heavy atom. The van der Waals surface area contributed by atoms with Gasteiger partial charge in [0.2, 0.25) is 0 Å². The minimum atomic E-state index is -0.617. The van der Waals surface area contributed by atoms with E-state index in [0.717, 1.165) is 5.56 Å². The first-order valence-electron chi connectivity index (χ1n) is 6.89. The largest absolute Gasteiger partial charge is 0.492 e. The number of ether oxygens (including phenoxy) is 1. The van der Waals surface area contributed by atoms with Crippen molar-refractivity contribution in [3.8, 4) is 5.75 Å². The molecule has 0 unspecified atom stereocenters. The molecule has 0 aliphatic rings. The maximum absolute atomic E-state index is 12.0. The molecule has 0 aliphatic heterocycles. The Bertz CT molecular complexity index is 717. The molecule has 1 amide bonds. The number of hydrogen-bond donors (Lipinski definition) is 1. The highest BCUT2D eigenvalue weighted by atomic mass is 35.5. The monoisotopic (exact) mass is 334 g/mol. The number of nitro groups is 1. The third kappa shape index (κ3) is 4.69. The molecule has 0 fully saturated rings. The molecule has 2 aromatic rings. The van der Waals surface area contributed by atoms with Crippen molar-refractivity contribution in [1.29, 1.82) is 0 Å². The van der Waals surface area contributed by atoms with Gasteiger partial charge in [-0.3, -0.25) is 14.9 Å². The predicted octanol–water partition coefficient (Wildman–Crippen LogP) is 3.37. The highest BCUT2D eigenvalue weighted by Crippen LogP contribution is 2.22. The zero-order chi connectivity index (χ0) is 16.8. The number of amides is 1. The highest BCUT2D eigenvalue weighted by Gasteiger charge is 2.20. The number of rotatable bonds is 6. The number of halogens is 1. The standard InChI is InChI=1S/C16H15ClN2O4/c1-11-2-5-13(6-3-11)23-9-8-18-16(20)14-10-12(17)4-7-15(14)19(21)22/h2-7,10H,8-9H2,1H3,(H,18,20). The van der Waals surface area contributed by atoms with Crippen LogP contribution in [0, 0.1) is 17.0 Å². The van der Waals surface area contributed by atoms with E-state index in [9.17, 15) is 14.9 Å². The van der Waals surface area contributed by atoms with Crippen molar-refractivity contribution < 1.29 is 14.5 Å². The van der Waals surface area contributed by atoms with Gasteiger partial charge in [-0.25, -0.2) is 0 Å². The first-order chi connectivity index (χ1) is 11.0. The van der Waals surface area contributed by atoms with E-state index < -0.39 is 10.8 Å². The number of benzene rings is 2. The van der Waals surface area contributed by atoms with Gasteiger partial charge in [0.25, 0.3) is 11.6 Å². The van der Waals surface area contributed by atoms with Crippen LogP contribution in [-0.2, 0) is 0 Å². The van der Waals surface area contributed by atoms with Gasteiger partial charge in [-0.2, -0.15) is 0 Å². The summed E-state index contributed by atoms with van der Waals surface area (Å²) in [4.78, 5) is 22.4. The fourth-order valence-electron chi connectivity index (χ4n) is 1.91. The minimum Gasteiger partial charge on any atom is -0.492 e. The van der Waals surface area contributed by atoms with Gasteiger partial charge in [-0.05, 0) is 31.2 Å². The van der Waals surface area contributed by atoms with Gasteiger partial charge in [0.1, 0.15) is 17.9 Å². The lowest BCUT2D eigenvalue weighted by Gasteiger charge is -2.08. The second kappa shape index (κ2) is 7.60. The van der Waals surface area contributed by atoms with Crippen LogP contribution in [0.15, 0.2) is 42.5 Å². The SMILES string of the molecule is Cc1ccc(OCCNC(=O)c2cc(Cl)ccc2[N+](=O)[O-])cc1. The molecule has 0 saturated heterocycles. The summed E-state index contributed by atoms with van der Waals surface area (Å²) < 4.78 is 5.47. The molecule has 0 bridgehead atoms. The number of nitro benzene ring substituents is 1. The van der Waals surface area contributed by atoms with Crippen LogP contribution >= 0.6 is 11.6 Å². The number of carbonyl (C=O) groups excluding carboxylic acids is 1. The summed E-state index contributed by atoms with van der Waals surface area (Å²) in [6.45, 7) is 2.45. The summed E-state index contributed by atoms with van der Waals surface area (Å²) in [5.74, 6) is 0.130. The number of nitrogens with zero attached hydrogens (tertiary/aromatic N) is 1. The molecule has 0 saturated carbocycles. The van der Waals surface area contributed by atoms with Crippen LogP contribution in [0.2, 0.25) is 5.02 Å². The van der Waals surface area contributed by atoms with Crippen LogP contribution in [-0.4, -0.2) is 24.0 Å². The van der Waals surface area contributed by atoms with Crippen molar-refractivity contribution in [3.05, 3.63) is 68.7 Å². The average molecular weight is 335 g/mol. The lowest BCUT2D eigenvalue weighted by atomic mass is 10.1. The Morgan fingerprint density at radius 3 is 2.61 bits per heavy atom. The van der Waals surface area contributed by atoms with Crippen LogP contribution in [0.4, 0.5) is 5.69 Å². The zero-order valence-electron chi connectivity index (χ0n) is 12.4. The maximum atomic E-state index is 12.0. The van der Waals surface area contributed by atoms with E-state index >= 15 is 0 Å². The molecule has 0 heterocycles. The van der Waals surface area contributed by atoms with E-state index in [0.29, 0.717) is 5.75 Å². The summed E-state index contributed by atoms with van der Waals surface area (Å²) in [5.41, 5.74) is 0.767. The molecule has 0 radical (unpaired) electrons. The van der Waals surface area contributed by atoms with Crippen LogP contribution in [0.5, 0.6) is 5.75 Å². The number of hydrogen-bond acceptors (Lipinski definition) is 4. The van der Waals surface area contributed by atoms with E-state index in [2.05, 4.69) is 5.32 Å². The molecule has 7 heteroatoms. The summed E-state index contributed by atoms with van der Waals surface area (Å²) in [5, 5.41) is 13.8. The maximum Gasteiger partial charge on any atom is 0.282 e. The molecule has 120 valence electrons. The van der Waals surface area contributed by atoms with Crippen molar-refractivity contribution in [2.45, 2.75) is 6.92 Å². The van der Waals surface area contributed by atoms with Crippen molar-refractivity contribution in [1.82, 2.24) is 5.32 Å². The molecule has 0 spiro atoms. The van der Waals surface area contributed by atoms with E-state index in [1.54, 1.807) is 0 Å². The molecule has 23 heavy (non-hydrogen) atoms. The van der Waals surface area contributed by atoms with Crippen molar-refractivity contribution in [2.24, 2.45) is 0 Å². The van der Waals surface area contributed by atoms with Gasteiger partial charge in [-0.15, -0.1) is 0 Å². The Morgan fingerprint density at radius 2 is 1.96 bits per heavy atom. The smallest absolute Gasteiger partial charge is 0.282 e. The first kappa shape index (κ1) is 16.8. The predicted molar refractivity (Wildman–Crippen MR) is 87.1 cm³/mol. The van der Waals surface area contributed by atoms with E-state index in [-0.39, 0.29) is 29.4 Å². The molecule has 1 N–H and O–H groups in total. The van der Waals surface area contributed by atoms with Crippen LogP contribution < -0.4 is 10.1 Å². The number of nitrogens with one attached hydrogen (secondary N) is 1. The van der Waals surface area contributed by atoms with Crippen LogP contribution in [0.25, 0.3) is 0 Å². The van der Waals surface area contributed by atoms with E-state index in [1.807, 2.05) is 31.2 Å². The lowest BCUT2D eigenvalue weighted by Crippen LogP contribution is -2.28. The van der Waals surface area contributed by atoms with Gasteiger partial charge in [-0.1, -0.05) is 29.3 Å². The Hall–Kier alpha value is -2.60. The van der Waals surface area contributed by atoms with Gasteiger partial charge in [0, 0.05) is 11.1 Å². The van der Waals surface area contributed by atoms with Crippen LogP contribution in [0.3, 0.4) is 0 Å². The Labute approximate surface area is 138 Å². The molecule has 0 aromatic heterocycles. The second-order valence-corrected chi connectivity index (χ2v) is 5.27. The fraction of sp³-hybridized carbons (Fsp3) is 0.188. The second-order valence-electron chi connectivity index (χ2n) is 4.84. The van der Waals surface area contributed by atoms with Gasteiger partial charge in [0.05, 0.1) is 11.5 Å². The summed E-state index contributed by atoms with van der Waals surface area (Å²) in [6, 6.07) is 11.4. The molecule has 2 rings (SSSR count). The quantitative estimate of drug-likeness (QED) is 0.499. The molecular formula is C16H15ClN2O4. The summed E-state index contributed by atoms with van der Waals surface area (Å²) >= 11 is 5.79. The molecule has 2 aromatic carbocycles. The third-order valence-corrected chi connectivity index (χ3v) is 3.31. The summed E-state index contributed by atoms with van der Waals surface area (Å²) in [6.07, 6.45) is 0. The lowest BCUT2D eigenvalue weighted by molar-refractivity contribution is -0.385. The van der Waals surface area contributed by atoms with E-state index in [1.165, 1.54) is 18.2 Å². The zero-order valence-corrected chi connectivity index (χ0v) is 13.2. The van der Waals surface area contributed by atoms with Gasteiger partial charge < -0.3 is 10.1 Å². The third-order valence-electron chi connectivity index (χ3n) is 3.08. The Balaban J connectivity index is 1.91. The molecule has 0 aliphatic carbocycles. The highest BCUT2D eigenvalue weighted by molar-refractivity contribution is 6.31. The topological polar surface area (TPSA) is 81.5 Å². The molecule has 6 nitrogen and oxygen atoms in total. The van der Waals surface area contributed by atoms with Gasteiger partial charge in [0.15, 0.2) is 0 Å². The minimum absolute atomic E-state index is 0.0714. The fourth-order valence-corrected chi connectivity index (χ4v) is 2.08. The number of carbonyl (C=O) groups is 1. The summed E-state index contributed by atoms with van der Waals surface area (Å²) in [7, 11) is 0. The van der Waals surface area contributed by atoms with Crippen molar-refractivity contribution in [3.63, 3.8) is 0 Å². The normalized spacial score (nSPS) is 10.2. The molecule has 0 atom stereocenters. The van der Waals surface area contributed by atoms with Crippen molar-refractivity contribution in [2.75, 3.05) is 13.2 Å². The average Bonchev–Trinajstić information content (AvgIpc) is 2.52. The Kier molecular flexibility index (Phi) is 5.54. The number of aryl methyl sites for hydroxylation is 1.